The lowest BCUT2D eigenvalue weighted by Crippen LogP contribution is -2.46. The van der Waals surface area contributed by atoms with E-state index in [1.807, 2.05) is 26.8 Å². The minimum absolute atomic E-state index is 0.150. The van der Waals surface area contributed by atoms with Gasteiger partial charge in [-0.15, -0.1) is 0 Å². The normalized spacial score (nSPS) is 16.7. The van der Waals surface area contributed by atoms with Crippen molar-refractivity contribution < 1.29 is 9.53 Å². The van der Waals surface area contributed by atoms with Crippen molar-refractivity contribution in [1.29, 1.82) is 0 Å². The summed E-state index contributed by atoms with van der Waals surface area (Å²) in [6, 6.07) is 2.07. The Labute approximate surface area is 130 Å². The number of halogens is 1. The molecule has 0 spiro atoms. The topological polar surface area (TPSA) is 54.5 Å². The summed E-state index contributed by atoms with van der Waals surface area (Å²) in [5.41, 5.74) is 0.539. The van der Waals surface area contributed by atoms with Crippen molar-refractivity contribution in [2.75, 3.05) is 18.0 Å². The number of ether oxygens (including phenoxy) is 1. The first-order valence-electron chi connectivity index (χ1n) is 7.19. The van der Waals surface area contributed by atoms with Crippen molar-refractivity contribution in [3.63, 3.8) is 0 Å². The van der Waals surface area contributed by atoms with Crippen LogP contribution >= 0.6 is 11.6 Å². The van der Waals surface area contributed by atoms with Crippen LogP contribution in [0.2, 0.25) is 5.02 Å². The summed E-state index contributed by atoms with van der Waals surface area (Å²) in [6.07, 6.45) is 4.80. The molecule has 0 atom stereocenters. The van der Waals surface area contributed by atoms with Crippen LogP contribution in [0.4, 0.5) is 10.5 Å². The first kappa shape index (κ1) is 15.9. The zero-order valence-corrected chi connectivity index (χ0v) is 13.5. The molecule has 1 aliphatic heterocycles. The number of piperidine rings is 1. The highest BCUT2D eigenvalue weighted by Gasteiger charge is 2.24. The Morgan fingerprint density at radius 3 is 2.67 bits per heavy atom. The number of nitrogens with zero attached hydrogens (tertiary/aromatic N) is 2. The summed E-state index contributed by atoms with van der Waals surface area (Å²) in [4.78, 5) is 18.0. The van der Waals surface area contributed by atoms with Crippen LogP contribution in [0.25, 0.3) is 0 Å². The molecule has 1 fully saturated rings. The van der Waals surface area contributed by atoms with E-state index >= 15 is 0 Å². The summed E-state index contributed by atoms with van der Waals surface area (Å²) in [5.74, 6) is 0. The van der Waals surface area contributed by atoms with Crippen LogP contribution in [0.1, 0.15) is 33.6 Å². The number of carbonyl (C=O) groups excluding carboxylic acids is 1. The number of amides is 1. The van der Waals surface area contributed by atoms with Gasteiger partial charge in [0.25, 0.3) is 0 Å². The third-order valence-corrected chi connectivity index (χ3v) is 3.60. The van der Waals surface area contributed by atoms with Crippen molar-refractivity contribution in [3.05, 3.63) is 23.5 Å². The molecule has 6 heteroatoms. The number of pyridine rings is 1. The van der Waals surface area contributed by atoms with Gasteiger partial charge < -0.3 is 15.0 Å². The lowest BCUT2D eigenvalue weighted by Gasteiger charge is -2.34. The summed E-state index contributed by atoms with van der Waals surface area (Å²) < 4.78 is 5.28. The van der Waals surface area contributed by atoms with Crippen molar-refractivity contribution in [1.82, 2.24) is 10.3 Å². The fraction of sp³-hybridized carbons (Fsp3) is 0.600. The van der Waals surface area contributed by atoms with Gasteiger partial charge in [-0.25, -0.2) is 4.79 Å². The van der Waals surface area contributed by atoms with Crippen LogP contribution in [0.15, 0.2) is 18.5 Å². The van der Waals surface area contributed by atoms with Gasteiger partial charge >= 0.3 is 6.09 Å². The fourth-order valence-electron chi connectivity index (χ4n) is 2.36. The molecule has 1 N–H and O–H groups in total. The second kappa shape index (κ2) is 6.52. The van der Waals surface area contributed by atoms with E-state index in [0.717, 1.165) is 31.6 Å². The first-order chi connectivity index (χ1) is 9.85. The van der Waals surface area contributed by atoms with Gasteiger partial charge in [0, 0.05) is 31.5 Å². The Bertz CT molecular complexity index is 494. The minimum Gasteiger partial charge on any atom is -0.444 e. The molecular weight excluding hydrogens is 290 g/mol. The van der Waals surface area contributed by atoms with Crippen LogP contribution in [-0.4, -0.2) is 35.8 Å². The molecule has 1 saturated heterocycles. The molecule has 5 nitrogen and oxygen atoms in total. The zero-order valence-electron chi connectivity index (χ0n) is 12.7. The number of hydrogen-bond acceptors (Lipinski definition) is 4. The molecule has 1 amide bonds. The van der Waals surface area contributed by atoms with Crippen molar-refractivity contribution in [2.24, 2.45) is 0 Å². The molecule has 1 aromatic heterocycles. The van der Waals surface area contributed by atoms with E-state index in [4.69, 9.17) is 16.3 Å². The molecule has 1 aliphatic rings. The van der Waals surface area contributed by atoms with Gasteiger partial charge in [0.15, 0.2) is 0 Å². The molecular formula is C15H22ClN3O2. The molecule has 0 unspecified atom stereocenters. The number of hydrogen-bond donors (Lipinski definition) is 1. The number of carbonyl (C=O) groups is 1. The minimum atomic E-state index is -0.463. The van der Waals surface area contributed by atoms with Gasteiger partial charge in [0.2, 0.25) is 0 Å². The molecule has 0 bridgehead atoms. The highest BCUT2D eigenvalue weighted by Crippen LogP contribution is 2.27. The summed E-state index contributed by atoms with van der Waals surface area (Å²) in [5, 5.41) is 3.59. The number of rotatable bonds is 2. The molecule has 0 radical (unpaired) electrons. The van der Waals surface area contributed by atoms with Gasteiger partial charge in [0.1, 0.15) is 5.60 Å². The lowest BCUT2D eigenvalue weighted by molar-refractivity contribution is 0.0497. The molecule has 0 aliphatic carbocycles. The molecule has 116 valence electrons. The van der Waals surface area contributed by atoms with Crippen LogP contribution in [0.5, 0.6) is 0 Å². The van der Waals surface area contributed by atoms with E-state index in [9.17, 15) is 4.79 Å². The zero-order chi connectivity index (χ0) is 15.5. The maximum Gasteiger partial charge on any atom is 0.407 e. The van der Waals surface area contributed by atoms with E-state index in [-0.39, 0.29) is 12.1 Å². The Morgan fingerprint density at radius 1 is 1.43 bits per heavy atom. The van der Waals surface area contributed by atoms with Crippen molar-refractivity contribution >= 4 is 23.4 Å². The maximum atomic E-state index is 11.8. The SMILES string of the molecule is CC(C)(C)OC(=O)NC1CCN(c2ccncc2Cl)CC1. The first-order valence-corrected chi connectivity index (χ1v) is 7.57. The molecule has 1 aromatic rings. The number of aromatic nitrogens is 1. The Hall–Kier alpha value is -1.49. The summed E-state index contributed by atoms with van der Waals surface area (Å²) in [7, 11) is 0. The molecule has 2 rings (SSSR count). The van der Waals surface area contributed by atoms with E-state index in [2.05, 4.69) is 15.2 Å². The van der Waals surface area contributed by atoms with Crippen molar-refractivity contribution in [3.8, 4) is 0 Å². The second-order valence-electron chi connectivity index (χ2n) is 6.23. The molecule has 0 aromatic carbocycles. The molecule has 2 heterocycles. The number of alkyl carbamates (subject to hydrolysis) is 1. The maximum absolute atomic E-state index is 11.8. The number of anilines is 1. The van der Waals surface area contributed by atoms with Gasteiger partial charge in [-0.05, 0) is 39.7 Å². The summed E-state index contributed by atoms with van der Waals surface area (Å²) >= 11 is 6.16. The van der Waals surface area contributed by atoms with Gasteiger partial charge in [-0.3, -0.25) is 4.98 Å². The predicted octanol–water partition coefficient (Wildman–Crippen LogP) is 3.23. The Morgan fingerprint density at radius 2 is 2.10 bits per heavy atom. The Balaban J connectivity index is 1.84. The lowest BCUT2D eigenvalue weighted by atomic mass is 10.0. The van der Waals surface area contributed by atoms with E-state index in [1.165, 1.54) is 0 Å². The van der Waals surface area contributed by atoms with Gasteiger partial charge in [-0.2, -0.15) is 0 Å². The highest BCUT2D eigenvalue weighted by atomic mass is 35.5. The third-order valence-electron chi connectivity index (χ3n) is 3.31. The van der Waals surface area contributed by atoms with Crippen molar-refractivity contribution in [2.45, 2.75) is 45.3 Å². The molecule has 0 saturated carbocycles. The average Bonchev–Trinajstić information content (AvgIpc) is 2.38. The van der Waals surface area contributed by atoms with Crippen LogP contribution in [0, 0.1) is 0 Å². The smallest absolute Gasteiger partial charge is 0.407 e. The van der Waals surface area contributed by atoms with Crippen LogP contribution in [0.3, 0.4) is 0 Å². The quantitative estimate of drug-likeness (QED) is 0.911. The summed E-state index contributed by atoms with van der Waals surface area (Å²) in [6.45, 7) is 7.29. The average molecular weight is 312 g/mol. The molecule has 21 heavy (non-hydrogen) atoms. The van der Waals surface area contributed by atoms with E-state index in [0.29, 0.717) is 5.02 Å². The van der Waals surface area contributed by atoms with Crippen LogP contribution in [-0.2, 0) is 4.74 Å². The van der Waals surface area contributed by atoms with E-state index < -0.39 is 5.60 Å². The standard InChI is InChI=1S/C15H22ClN3O2/c1-15(2,3)21-14(20)18-11-5-8-19(9-6-11)13-4-7-17-10-12(13)16/h4,7,10-11H,5-6,8-9H2,1-3H3,(H,18,20). The largest absolute Gasteiger partial charge is 0.444 e. The third kappa shape index (κ3) is 4.77. The van der Waals surface area contributed by atoms with E-state index in [1.54, 1.807) is 12.4 Å². The second-order valence-corrected chi connectivity index (χ2v) is 6.64. The van der Waals surface area contributed by atoms with Gasteiger partial charge in [-0.1, -0.05) is 11.6 Å². The highest BCUT2D eigenvalue weighted by molar-refractivity contribution is 6.33. The fourth-order valence-corrected chi connectivity index (χ4v) is 2.60. The Kier molecular flexibility index (Phi) is 4.93. The monoisotopic (exact) mass is 311 g/mol. The van der Waals surface area contributed by atoms with Crippen LogP contribution < -0.4 is 10.2 Å². The predicted molar refractivity (Wildman–Crippen MR) is 83.9 cm³/mol. The van der Waals surface area contributed by atoms with Gasteiger partial charge in [0.05, 0.1) is 10.7 Å². The number of nitrogens with one attached hydrogen (secondary N) is 1.